The first kappa shape index (κ1) is 23.5. The molecule has 37 heavy (non-hydrogen) atoms. The first-order valence-electron chi connectivity index (χ1n) is 12.9. The van der Waals surface area contributed by atoms with Gasteiger partial charge in [0.15, 0.2) is 5.54 Å². The van der Waals surface area contributed by atoms with E-state index < -0.39 is 5.54 Å². The van der Waals surface area contributed by atoms with Crippen LogP contribution >= 0.6 is 0 Å². The van der Waals surface area contributed by atoms with Crippen LogP contribution in [0.5, 0.6) is 0 Å². The molecule has 6 heteroatoms. The van der Waals surface area contributed by atoms with E-state index in [1.54, 1.807) is 28.0 Å². The van der Waals surface area contributed by atoms with Gasteiger partial charge in [-0.25, -0.2) is 4.39 Å². The van der Waals surface area contributed by atoms with Crippen LogP contribution in [0.3, 0.4) is 0 Å². The molecule has 0 radical (unpaired) electrons. The van der Waals surface area contributed by atoms with Crippen molar-refractivity contribution in [2.45, 2.75) is 38.1 Å². The van der Waals surface area contributed by atoms with Gasteiger partial charge in [-0.2, -0.15) is 0 Å². The molecular weight excluding hydrogens is 465 g/mol. The van der Waals surface area contributed by atoms with Crippen LogP contribution in [-0.2, 0) is 28.0 Å². The number of carbonyl (C=O) groups excluding carboxylic acids is 2. The number of hydrogen-bond acceptors (Lipinski definition) is 2. The summed E-state index contributed by atoms with van der Waals surface area (Å²) in [4.78, 5) is 34.6. The third-order valence-electron chi connectivity index (χ3n) is 8.22. The van der Waals surface area contributed by atoms with E-state index in [0.29, 0.717) is 18.5 Å². The van der Waals surface area contributed by atoms with Crippen LogP contribution in [0.15, 0.2) is 72.8 Å². The zero-order chi connectivity index (χ0) is 25.7. The van der Waals surface area contributed by atoms with E-state index in [0.717, 1.165) is 34.1 Å². The van der Waals surface area contributed by atoms with Crippen LogP contribution in [0.25, 0.3) is 10.9 Å². The van der Waals surface area contributed by atoms with Crippen molar-refractivity contribution in [1.29, 1.82) is 0 Å². The summed E-state index contributed by atoms with van der Waals surface area (Å²) in [5.74, 6) is -0.559. The lowest BCUT2D eigenvalue weighted by Gasteiger charge is -2.51. The third-order valence-corrected chi connectivity index (χ3v) is 8.22. The number of carbonyl (C=O) groups is 2. The van der Waals surface area contributed by atoms with Crippen LogP contribution in [0.2, 0.25) is 0 Å². The Kier molecular flexibility index (Phi) is 5.63. The zero-order valence-electron chi connectivity index (χ0n) is 21.1. The second-order valence-electron chi connectivity index (χ2n) is 10.3. The van der Waals surface area contributed by atoms with Gasteiger partial charge < -0.3 is 14.8 Å². The van der Waals surface area contributed by atoms with Crippen molar-refractivity contribution in [2.75, 3.05) is 19.6 Å². The number of aromatic amines is 1. The summed E-state index contributed by atoms with van der Waals surface area (Å²) in [6.45, 7) is 4.71. The first-order chi connectivity index (χ1) is 17.9. The largest absolute Gasteiger partial charge is 0.356 e. The minimum absolute atomic E-state index is 0.0000692. The van der Waals surface area contributed by atoms with E-state index in [1.165, 1.54) is 11.6 Å². The number of amides is 2. The predicted molar refractivity (Wildman–Crippen MR) is 142 cm³/mol. The molecule has 2 aliphatic rings. The summed E-state index contributed by atoms with van der Waals surface area (Å²) < 4.78 is 14.2. The molecule has 3 heterocycles. The van der Waals surface area contributed by atoms with E-state index in [1.807, 2.05) is 25.1 Å². The lowest BCUT2D eigenvalue weighted by molar-refractivity contribution is -0.166. The highest BCUT2D eigenvalue weighted by atomic mass is 19.1. The van der Waals surface area contributed by atoms with Gasteiger partial charge in [-0.15, -0.1) is 0 Å². The summed E-state index contributed by atoms with van der Waals surface area (Å²) in [6, 6.07) is 23.3. The van der Waals surface area contributed by atoms with Gasteiger partial charge in [0.2, 0.25) is 5.91 Å². The highest BCUT2D eigenvalue weighted by molar-refractivity contribution is 6.01. The van der Waals surface area contributed by atoms with Crippen LogP contribution in [-0.4, -0.2) is 46.2 Å². The Morgan fingerprint density at radius 1 is 1.00 bits per heavy atom. The fourth-order valence-electron chi connectivity index (χ4n) is 6.10. The second-order valence-corrected chi connectivity index (χ2v) is 10.3. The summed E-state index contributed by atoms with van der Waals surface area (Å²) in [5, 5.41) is 1.08. The summed E-state index contributed by atoms with van der Waals surface area (Å²) in [5.41, 5.74) is 4.59. The molecule has 3 aromatic carbocycles. The van der Waals surface area contributed by atoms with Crippen molar-refractivity contribution in [3.8, 4) is 0 Å². The molecule has 1 aromatic heterocycles. The Bertz CT molecular complexity index is 1510. The molecule has 6 rings (SSSR count). The maximum absolute atomic E-state index is 14.2. The molecule has 1 saturated heterocycles. The number of nitrogens with zero attached hydrogens (tertiary/aromatic N) is 2. The number of para-hydroxylation sites is 1. The molecule has 1 unspecified atom stereocenters. The van der Waals surface area contributed by atoms with Gasteiger partial charge in [0.25, 0.3) is 5.91 Å². The number of hydrogen-bond donors (Lipinski definition) is 1. The smallest absolute Gasteiger partial charge is 0.254 e. The molecule has 2 aliphatic heterocycles. The molecule has 0 saturated carbocycles. The number of benzene rings is 3. The maximum Gasteiger partial charge on any atom is 0.254 e. The molecule has 0 aliphatic carbocycles. The molecular formula is C31H30FN3O2. The quantitative estimate of drug-likeness (QED) is 0.417. The van der Waals surface area contributed by atoms with E-state index in [-0.39, 0.29) is 36.6 Å². The van der Waals surface area contributed by atoms with Gasteiger partial charge in [-0.3, -0.25) is 9.59 Å². The van der Waals surface area contributed by atoms with Gasteiger partial charge in [0, 0.05) is 29.9 Å². The predicted octanol–water partition coefficient (Wildman–Crippen LogP) is 5.14. The van der Waals surface area contributed by atoms with Crippen molar-refractivity contribution in [1.82, 2.24) is 14.8 Å². The number of aryl methyl sites for hydroxylation is 1. The van der Waals surface area contributed by atoms with Crippen LogP contribution in [0.4, 0.5) is 4.39 Å². The average molecular weight is 496 g/mol. The first-order valence-corrected chi connectivity index (χ1v) is 12.9. The molecule has 2 atom stereocenters. The normalized spacial score (nSPS) is 21.3. The maximum atomic E-state index is 14.2. The van der Waals surface area contributed by atoms with Crippen molar-refractivity contribution >= 4 is 22.7 Å². The van der Waals surface area contributed by atoms with Crippen LogP contribution < -0.4 is 0 Å². The number of aromatic nitrogens is 1. The Hall–Kier alpha value is -3.93. The highest BCUT2D eigenvalue weighted by Gasteiger charge is 2.56. The molecule has 0 bridgehead atoms. The molecule has 1 fully saturated rings. The van der Waals surface area contributed by atoms with Gasteiger partial charge in [0.1, 0.15) is 5.82 Å². The monoisotopic (exact) mass is 495 g/mol. The Morgan fingerprint density at radius 3 is 2.49 bits per heavy atom. The molecule has 0 spiro atoms. The van der Waals surface area contributed by atoms with E-state index in [9.17, 15) is 14.0 Å². The number of nitrogens with one attached hydrogen (secondary N) is 1. The van der Waals surface area contributed by atoms with Crippen molar-refractivity contribution in [3.63, 3.8) is 0 Å². The number of fused-ring (bicyclic) bond motifs is 5. The third kappa shape index (κ3) is 3.66. The van der Waals surface area contributed by atoms with Gasteiger partial charge >= 0.3 is 0 Å². The second kappa shape index (κ2) is 8.87. The molecule has 188 valence electrons. The van der Waals surface area contributed by atoms with E-state index >= 15 is 0 Å². The van der Waals surface area contributed by atoms with E-state index in [4.69, 9.17) is 0 Å². The van der Waals surface area contributed by atoms with Crippen LogP contribution in [0.1, 0.15) is 47.7 Å². The Morgan fingerprint density at radius 2 is 1.73 bits per heavy atom. The fourth-order valence-corrected chi connectivity index (χ4v) is 6.10. The Balaban J connectivity index is 1.43. The lowest BCUT2D eigenvalue weighted by Crippen LogP contribution is -2.67. The highest BCUT2D eigenvalue weighted by Crippen LogP contribution is 2.48. The number of halogens is 1. The van der Waals surface area contributed by atoms with Gasteiger partial charge in [-0.05, 0) is 54.2 Å². The lowest BCUT2D eigenvalue weighted by atomic mass is 9.76. The molecule has 5 nitrogen and oxygen atoms in total. The summed E-state index contributed by atoms with van der Waals surface area (Å²) >= 11 is 0. The summed E-state index contributed by atoms with van der Waals surface area (Å²) in [7, 11) is 0. The minimum Gasteiger partial charge on any atom is -0.356 e. The number of rotatable bonds is 5. The van der Waals surface area contributed by atoms with Crippen molar-refractivity contribution in [2.24, 2.45) is 0 Å². The van der Waals surface area contributed by atoms with Gasteiger partial charge in [0.05, 0.1) is 12.2 Å². The number of piperazine rings is 1. The minimum atomic E-state index is -1.15. The standard InChI is InChI=1S/C31H30FN3O2/c1-3-20-12-14-21(15-13-20)24-18-35-27(36)19-34(17-16-22-8-4-6-10-25(22)32)30(37)31(35,2)29-28(24)23-9-5-7-11-26(23)33-29/h4-15,24,33H,3,16-19H2,1-2H3/t24?,31-/m0/s1. The zero-order valence-corrected chi connectivity index (χ0v) is 21.1. The van der Waals surface area contributed by atoms with Gasteiger partial charge in [-0.1, -0.05) is 67.6 Å². The van der Waals surface area contributed by atoms with Crippen molar-refractivity contribution in [3.05, 3.63) is 107 Å². The number of H-pyrrole nitrogens is 1. The SMILES string of the molecule is CCc1ccc(C2CN3C(=O)CN(CCc4ccccc4F)C(=O)[C@]3(C)c3[nH]c4ccccc4c32)cc1. The molecule has 1 N–H and O–H groups in total. The van der Waals surface area contributed by atoms with Crippen molar-refractivity contribution < 1.29 is 14.0 Å². The topological polar surface area (TPSA) is 56.4 Å². The summed E-state index contributed by atoms with van der Waals surface area (Å²) in [6.07, 6.45) is 1.32. The Labute approximate surface area is 215 Å². The van der Waals surface area contributed by atoms with Crippen LogP contribution in [0, 0.1) is 5.82 Å². The molecule has 2 amide bonds. The molecule has 4 aromatic rings. The van der Waals surface area contributed by atoms with E-state index in [2.05, 4.69) is 42.2 Å². The average Bonchev–Trinajstić information content (AvgIpc) is 3.32. The fraction of sp³-hybridized carbons (Fsp3) is 0.290.